The van der Waals surface area contributed by atoms with Gasteiger partial charge in [0.25, 0.3) is 0 Å². The molecule has 0 aromatic heterocycles. The van der Waals surface area contributed by atoms with Gasteiger partial charge in [0.05, 0.1) is 6.04 Å². The van der Waals surface area contributed by atoms with Gasteiger partial charge in [-0.15, -0.1) is 0 Å². The summed E-state index contributed by atoms with van der Waals surface area (Å²) in [6.45, 7) is 4.62. The lowest BCUT2D eigenvalue weighted by molar-refractivity contribution is -0.127. The van der Waals surface area contributed by atoms with Gasteiger partial charge in [-0.3, -0.25) is 9.69 Å². The lowest BCUT2D eigenvalue weighted by Crippen LogP contribution is -2.49. The maximum absolute atomic E-state index is 13.1. The second kappa shape index (κ2) is 9.30. The molecule has 0 bridgehead atoms. The summed E-state index contributed by atoms with van der Waals surface area (Å²) in [6.07, 6.45) is 6.71. The second-order valence-electron chi connectivity index (χ2n) is 7.40. The van der Waals surface area contributed by atoms with Crippen molar-refractivity contribution in [2.24, 2.45) is 5.92 Å². The molecule has 2 fully saturated rings. The number of amides is 1. The minimum absolute atomic E-state index is 0.0525. The first-order chi connectivity index (χ1) is 12.2. The summed E-state index contributed by atoms with van der Waals surface area (Å²) in [5.41, 5.74) is 1.06. The smallest absolute Gasteiger partial charge is 0.237 e. The third-order valence-electron chi connectivity index (χ3n) is 5.47. The van der Waals surface area contributed by atoms with Crippen LogP contribution in [0.4, 0.5) is 4.39 Å². The van der Waals surface area contributed by atoms with Crippen molar-refractivity contribution in [1.82, 2.24) is 15.5 Å². The Balaban J connectivity index is 1.49. The van der Waals surface area contributed by atoms with E-state index in [1.807, 2.05) is 12.1 Å². The van der Waals surface area contributed by atoms with Gasteiger partial charge in [0.15, 0.2) is 0 Å². The maximum atomic E-state index is 13.1. The fraction of sp³-hybridized carbons (Fsp3) is 0.650. The van der Waals surface area contributed by atoms with Crippen LogP contribution in [0.3, 0.4) is 0 Å². The number of benzene rings is 1. The van der Waals surface area contributed by atoms with Crippen LogP contribution in [0.25, 0.3) is 0 Å². The SMILES string of the molecule is O=C(NCCC1CCCNC1)C1CCCCN1Cc1ccc(F)cc1. The van der Waals surface area contributed by atoms with Gasteiger partial charge in [-0.1, -0.05) is 18.6 Å². The number of piperidine rings is 2. The molecule has 2 N–H and O–H groups in total. The summed E-state index contributed by atoms with van der Waals surface area (Å²) in [4.78, 5) is 14.9. The number of rotatable bonds is 6. The Morgan fingerprint density at radius 1 is 1.20 bits per heavy atom. The average molecular weight is 347 g/mol. The van der Waals surface area contributed by atoms with Crippen molar-refractivity contribution >= 4 is 5.91 Å². The van der Waals surface area contributed by atoms with E-state index >= 15 is 0 Å². The van der Waals surface area contributed by atoms with Crippen molar-refractivity contribution < 1.29 is 9.18 Å². The van der Waals surface area contributed by atoms with Crippen LogP contribution in [-0.2, 0) is 11.3 Å². The first-order valence-electron chi connectivity index (χ1n) is 9.69. The van der Waals surface area contributed by atoms with E-state index in [0.29, 0.717) is 12.5 Å². The molecule has 138 valence electrons. The normalized spacial score (nSPS) is 24.8. The number of nitrogens with zero attached hydrogens (tertiary/aromatic N) is 1. The summed E-state index contributed by atoms with van der Waals surface area (Å²) in [5.74, 6) is 0.634. The van der Waals surface area contributed by atoms with Gasteiger partial charge in [0.2, 0.25) is 5.91 Å². The molecule has 25 heavy (non-hydrogen) atoms. The fourth-order valence-corrected chi connectivity index (χ4v) is 3.99. The zero-order valence-electron chi connectivity index (χ0n) is 15.0. The number of likely N-dealkylation sites (tertiary alicyclic amines) is 1. The molecular formula is C20H30FN3O. The standard InChI is InChI=1S/C20H30FN3O/c21-18-8-6-17(7-9-18)15-24-13-2-1-5-19(24)20(25)23-12-10-16-4-3-11-22-14-16/h6-9,16,19,22H,1-5,10-15H2,(H,23,25). The van der Waals surface area contributed by atoms with Crippen LogP contribution in [0.5, 0.6) is 0 Å². The van der Waals surface area contributed by atoms with E-state index < -0.39 is 0 Å². The van der Waals surface area contributed by atoms with Crippen molar-refractivity contribution in [2.75, 3.05) is 26.2 Å². The second-order valence-corrected chi connectivity index (χ2v) is 7.40. The first kappa shape index (κ1) is 18.3. The Hall–Kier alpha value is -1.46. The van der Waals surface area contributed by atoms with E-state index in [4.69, 9.17) is 0 Å². The Bertz CT molecular complexity index is 542. The van der Waals surface area contributed by atoms with Gasteiger partial charge in [-0.25, -0.2) is 4.39 Å². The highest BCUT2D eigenvalue weighted by atomic mass is 19.1. The predicted octanol–water partition coefficient (Wildman–Crippen LogP) is 2.69. The highest BCUT2D eigenvalue weighted by Crippen LogP contribution is 2.20. The molecule has 1 aromatic rings. The lowest BCUT2D eigenvalue weighted by atomic mass is 9.96. The highest BCUT2D eigenvalue weighted by molar-refractivity contribution is 5.81. The van der Waals surface area contributed by atoms with Crippen LogP contribution in [0, 0.1) is 11.7 Å². The Morgan fingerprint density at radius 2 is 2.04 bits per heavy atom. The van der Waals surface area contributed by atoms with Gasteiger partial charge in [-0.05, 0) is 75.4 Å². The Labute approximate surface area is 150 Å². The van der Waals surface area contributed by atoms with Gasteiger partial charge in [0, 0.05) is 13.1 Å². The topological polar surface area (TPSA) is 44.4 Å². The van der Waals surface area contributed by atoms with Crippen LogP contribution >= 0.6 is 0 Å². The number of halogens is 1. The summed E-state index contributed by atoms with van der Waals surface area (Å²) in [6, 6.07) is 6.56. The van der Waals surface area contributed by atoms with E-state index in [1.165, 1.54) is 25.0 Å². The van der Waals surface area contributed by atoms with E-state index in [9.17, 15) is 9.18 Å². The van der Waals surface area contributed by atoms with E-state index in [1.54, 1.807) is 0 Å². The zero-order chi connectivity index (χ0) is 17.5. The molecule has 2 aliphatic heterocycles. The molecule has 0 spiro atoms. The minimum Gasteiger partial charge on any atom is -0.355 e. The fourth-order valence-electron chi connectivity index (χ4n) is 3.99. The minimum atomic E-state index is -0.214. The molecule has 2 aliphatic rings. The van der Waals surface area contributed by atoms with Gasteiger partial charge < -0.3 is 10.6 Å². The molecule has 2 atom stereocenters. The first-order valence-corrected chi connectivity index (χ1v) is 9.69. The molecule has 2 unspecified atom stereocenters. The van der Waals surface area contributed by atoms with Crippen molar-refractivity contribution in [3.8, 4) is 0 Å². The van der Waals surface area contributed by atoms with Gasteiger partial charge in [0.1, 0.15) is 5.82 Å². The monoisotopic (exact) mass is 347 g/mol. The quantitative estimate of drug-likeness (QED) is 0.832. The molecule has 2 saturated heterocycles. The average Bonchev–Trinajstić information content (AvgIpc) is 2.65. The molecule has 5 heteroatoms. The molecule has 0 radical (unpaired) electrons. The molecule has 4 nitrogen and oxygen atoms in total. The molecule has 2 heterocycles. The molecule has 1 aromatic carbocycles. The van der Waals surface area contributed by atoms with E-state index in [-0.39, 0.29) is 17.8 Å². The van der Waals surface area contributed by atoms with E-state index in [0.717, 1.165) is 57.4 Å². The number of carbonyl (C=O) groups excluding carboxylic acids is 1. The van der Waals surface area contributed by atoms with Crippen LogP contribution in [0.15, 0.2) is 24.3 Å². The molecule has 0 aliphatic carbocycles. The summed E-state index contributed by atoms with van der Waals surface area (Å²) >= 11 is 0. The maximum Gasteiger partial charge on any atom is 0.237 e. The highest BCUT2D eigenvalue weighted by Gasteiger charge is 2.28. The molecular weight excluding hydrogens is 317 g/mol. The summed E-state index contributed by atoms with van der Waals surface area (Å²) in [7, 11) is 0. The summed E-state index contributed by atoms with van der Waals surface area (Å²) in [5, 5.41) is 6.58. The van der Waals surface area contributed by atoms with Crippen LogP contribution < -0.4 is 10.6 Å². The number of hydrogen-bond donors (Lipinski definition) is 2. The number of hydrogen-bond acceptors (Lipinski definition) is 3. The molecule has 0 saturated carbocycles. The zero-order valence-corrected chi connectivity index (χ0v) is 15.0. The van der Waals surface area contributed by atoms with Crippen molar-refractivity contribution in [3.63, 3.8) is 0 Å². The van der Waals surface area contributed by atoms with Crippen molar-refractivity contribution in [2.45, 2.75) is 51.1 Å². The Kier molecular flexibility index (Phi) is 6.82. The van der Waals surface area contributed by atoms with Gasteiger partial charge >= 0.3 is 0 Å². The van der Waals surface area contributed by atoms with Gasteiger partial charge in [-0.2, -0.15) is 0 Å². The number of carbonyl (C=O) groups is 1. The lowest BCUT2D eigenvalue weighted by Gasteiger charge is -2.35. The largest absolute Gasteiger partial charge is 0.355 e. The number of nitrogens with one attached hydrogen (secondary N) is 2. The van der Waals surface area contributed by atoms with Crippen LogP contribution in [0.1, 0.15) is 44.1 Å². The van der Waals surface area contributed by atoms with Crippen LogP contribution in [0.2, 0.25) is 0 Å². The Morgan fingerprint density at radius 3 is 2.80 bits per heavy atom. The van der Waals surface area contributed by atoms with E-state index in [2.05, 4.69) is 15.5 Å². The molecule has 3 rings (SSSR count). The van der Waals surface area contributed by atoms with Crippen LogP contribution in [-0.4, -0.2) is 43.0 Å². The van der Waals surface area contributed by atoms with Crippen molar-refractivity contribution in [1.29, 1.82) is 0 Å². The summed E-state index contributed by atoms with van der Waals surface area (Å²) < 4.78 is 13.1. The third-order valence-corrected chi connectivity index (χ3v) is 5.47. The predicted molar refractivity (Wildman–Crippen MR) is 97.7 cm³/mol. The molecule has 1 amide bonds. The van der Waals surface area contributed by atoms with Crippen molar-refractivity contribution in [3.05, 3.63) is 35.6 Å². The third kappa shape index (κ3) is 5.51.